The quantitative estimate of drug-likeness (QED) is 0.213. The Hall–Kier alpha value is -3.15. The van der Waals surface area contributed by atoms with Crippen molar-refractivity contribution in [3.63, 3.8) is 0 Å². The van der Waals surface area contributed by atoms with E-state index < -0.39 is 29.5 Å². The number of aryl methyl sites for hydroxylation is 1. The molecule has 7 nitrogen and oxygen atoms in total. The molecule has 1 aliphatic heterocycles. The highest BCUT2D eigenvalue weighted by Crippen LogP contribution is 2.44. The summed E-state index contributed by atoms with van der Waals surface area (Å²) in [6, 6.07) is 10.3. The Kier molecular flexibility index (Phi) is 8.45. The zero-order valence-corrected chi connectivity index (χ0v) is 21.7. The second kappa shape index (κ2) is 10.9. The number of aromatic nitrogens is 4. The molecule has 0 amide bonds. The SMILES string of the molecule is C.Cc1cc(Nc2cc(N3CC(C)(C(C)(C)F)C3)nc(Sc3ccc(CC(=O)CC(F)(F)F)cc3)n2)n[nH]1.[HH].[HH]. The lowest BCUT2D eigenvalue weighted by atomic mass is 9.70. The van der Waals surface area contributed by atoms with Gasteiger partial charge in [-0.2, -0.15) is 18.3 Å². The summed E-state index contributed by atoms with van der Waals surface area (Å²) >= 11 is 1.27. The first-order chi connectivity index (χ1) is 17.2. The number of H-pyrrole nitrogens is 1. The molecule has 2 aromatic heterocycles. The van der Waals surface area contributed by atoms with Gasteiger partial charge in [0.2, 0.25) is 0 Å². The molecule has 4 rings (SSSR count). The van der Waals surface area contributed by atoms with E-state index in [4.69, 9.17) is 0 Å². The summed E-state index contributed by atoms with van der Waals surface area (Å²) < 4.78 is 52.0. The minimum absolute atomic E-state index is 0. The van der Waals surface area contributed by atoms with Crippen molar-refractivity contribution in [2.24, 2.45) is 5.41 Å². The van der Waals surface area contributed by atoms with Gasteiger partial charge in [-0.1, -0.05) is 26.5 Å². The molecular weight excluding hydrogens is 520 g/mol. The molecule has 0 atom stereocenters. The van der Waals surface area contributed by atoms with Gasteiger partial charge in [0.1, 0.15) is 29.5 Å². The fourth-order valence-electron chi connectivity index (χ4n) is 3.93. The number of halogens is 4. The van der Waals surface area contributed by atoms with Crippen LogP contribution in [0, 0.1) is 12.3 Å². The number of anilines is 3. The van der Waals surface area contributed by atoms with E-state index in [1.807, 2.05) is 24.8 Å². The maximum absolute atomic E-state index is 14.7. The van der Waals surface area contributed by atoms with Gasteiger partial charge in [-0.05, 0) is 50.2 Å². The van der Waals surface area contributed by atoms with Crippen molar-refractivity contribution in [1.82, 2.24) is 20.2 Å². The summed E-state index contributed by atoms with van der Waals surface area (Å²) in [5.74, 6) is 0.861. The number of carbonyl (C=O) groups excluding carboxylic acids is 1. The van der Waals surface area contributed by atoms with Crippen LogP contribution >= 0.6 is 11.8 Å². The van der Waals surface area contributed by atoms with Gasteiger partial charge in [-0.25, -0.2) is 14.4 Å². The van der Waals surface area contributed by atoms with Crippen molar-refractivity contribution in [2.45, 2.75) is 69.9 Å². The third-order valence-corrected chi connectivity index (χ3v) is 7.30. The summed E-state index contributed by atoms with van der Waals surface area (Å²) in [4.78, 5) is 23.6. The van der Waals surface area contributed by atoms with Crippen LogP contribution in [0.4, 0.5) is 35.0 Å². The molecule has 0 spiro atoms. The second-order valence-electron chi connectivity index (χ2n) is 10.1. The topological polar surface area (TPSA) is 86.8 Å². The molecule has 2 N–H and O–H groups in total. The number of ketones is 1. The van der Waals surface area contributed by atoms with Gasteiger partial charge in [0.05, 0.1) is 0 Å². The largest absolute Gasteiger partial charge is 0.395 e. The number of alkyl halides is 4. The monoisotopic (exact) mass is 556 g/mol. The van der Waals surface area contributed by atoms with Crippen LogP contribution < -0.4 is 10.2 Å². The molecular formula is C26H36F4N6OS. The van der Waals surface area contributed by atoms with Gasteiger partial charge < -0.3 is 10.2 Å². The number of nitrogens with zero attached hydrogens (tertiary/aromatic N) is 4. The fraction of sp³-hybridized carbons (Fsp3) is 0.462. The van der Waals surface area contributed by atoms with E-state index in [2.05, 4.69) is 25.5 Å². The van der Waals surface area contributed by atoms with E-state index in [0.29, 0.717) is 41.3 Å². The molecule has 0 radical (unpaired) electrons. The third-order valence-electron chi connectivity index (χ3n) is 6.42. The van der Waals surface area contributed by atoms with Crippen molar-refractivity contribution < 1.29 is 25.2 Å². The predicted octanol–water partition coefficient (Wildman–Crippen LogP) is 7.17. The van der Waals surface area contributed by atoms with E-state index in [1.54, 1.807) is 44.2 Å². The lowest BCUT2D eigenvalue weighted by Gasteiger charge is -2.53. The molecule has 0 bridgehead atoms. The van der Waals surface area contributed by atoms with Crippen LogP contribution in [-0.2, 0) is 11.2 Å². The number of hydrogen-bond acceptors (Lipinski definition) is 7. The summed E-state index contributed by atoms with van der Waals surface area (Å²) in [5, 5.41) is 10.6. The predicted molar refractivity (Wildman–Crippen MR) is 145 cm³/mol. The van der Waals surface area contributed by atoms with E-state index >= 15 is 0 Å². The number of rotatable bonds is 9. The Bertz CT molecular complexity index is 1280. The first kappa shape index (κ1) is 29.4. The summed E-state index contributed by atoms with van der Waals surface area (Å²) in [6.45, 7) is 7.95. The highest BCUT2D eigenvalue weighted by atomic mass is 32.2. The molecule has 210 valence electrons. The Labute approximate surface area is 226 Å². The third kappa shape index (κ3) is 7.24. The van der Waals surface area contributed by atoms with Crippen molar-refractivity contribution in [2.75, 3.05) is 23.3 Å². The van der Waals surface area contributed by atoms with Gasteiger partial charge in [0.15, 0.2) is 11.0 Å². The van der Waals surface area contributed by atoms with Crippen molar-refractivity contribution in [3.8, 4) is 0 Å². The van der Waals surface area contributed by atoms with Gasteiger partial charge in [-0.3, -0.25) is 9.89 Å². The number of carbonyl (C=O) groups is 1. The molecule has 3 heterocycles. The van der Waals surface area contributed by atoms with Crippen molar-refractivity contribution in [1.29, 1.82) is 0 Å². The first-order valence-electron chi connectivity index (χ1n) is 11.7. The zero-order valence-electron chi connectivity index (χ0n) is 20.9. The highest BCUT2D eigenvalue weighted by molar-refractivity contribution is 7.99. The van der Waals surface area contributed by atoms with Crippen molar-refractivity contribution in [3.05, 3.63) is 47.7 Å². The van der Waals surface area contributed by atoms with Gasteiger partial charge in [-0.15, -0.1) is 0 Å². The summed E-state index contributed by atoms with van der Waals surface area (Å²) in [7, 11) is 0. The highest BCUT2D eigenvalue weighted by Gasteiger charge is 2.51. The Morgan fingerprint density at radius 2 is 1.79 bits per heavy atom. The second-order valence-corrected chi connectivity index (χ2v) is 11.1. The average Bonchev–Trinajstić information content (AvgIpc) is 3.15. The molecule has 38 heavy (non-hydrogen) atoms. The number of Topliss-reactive ketones (excluding diaryl/α,β-unsaturated/α-hetero) is 1. The number of aromatic amines is 1. The standard InChI is InChI=1S/C25H28F4N6OS.CH4.2H2/c1-15-9-20(34-33-15)30-19-11-21(35-13-24(4,14-35)23(2,3)26)32-22(31-19)37-18-7-5-16(6-8-18)10-17(36)12-25(27,28)29;;;/h5-9,11H,10,12-14H2,1-4H3,(H2,30,31,32,33,34);1H4;2*1H. The van der Waals surface area contributed by atoms with Crippen LogP contribution in [-0.4, -0.2) is 50.9 Å². The maximum atomic E-state index is 14.7. The summed E-state index contributed by atoms with van der Waals surface area (Å²) in [5.41, 5.74) is -0.468. The molecule has 1 fully saturated rings. The number of benzene rings is 1. The van der Waals surface area contributed by atoms with Crippen LogP contribution in [0.3, 0.4) is 0 Å². The molecule has 3 aromatic rings. The van der Waals surface area contributed by atoms with Crippen LogP contribution in [0.2, 0.25) is 0 Å². The van der Waals surface area contributed by atoms with E-state index in [1.165, 1.54) is 11.8 Å². The van der Waals surface area contributed by atoms with Crippen LogP contribution in [0.15, 0.2) is 46.5 Å². The Morgan fingerprint density at radius 3 is 2.34 bits per heavy atom. The van der Waals surface area contributed by atoms with E-state index in [0.717, 1.165) is 10.6 Å². The Balaban J connectivity index is 0.00000267. The zero-order chi connectivity index (χ0) is 27.0. The first-order valence-corrected chi connectivity index (χ1v) is 12.5. The van der Waals surface area contributed by atoms with Crippen LogP contribution in [0.5, 0.6) is 0 Å². The molecule has 12 heteroatoms. The number of nitrogens with one attached hydrogen (secondary N) is 2. The molecule has 0 unspecified atom stereocenters. The van der Waals surface area contributed by atoms with E-state index in [-0.39, 0.29) is 16.7 Å². The van der Waals surface area contributed by atoms with Crippen LogP contribution in [0.25, 0.3) is 0 Å². The smallest absolute Gasteiger partial charge is 0.355 e. The van der Waals surface area contributed by atoms with Crippen LogP contribution in [0.1, 0.15) is 48.7 Å². The lowest BCUT2D eigenvalue weighted by Crippen LogP contribution is -2.63. The molecule has 1 saturated heterocycles. The van der Waals surface area contributed by atoms with Gasteiger partial charge in [0.25, 0.3) is 0 Å². The minimum atomic E-state index is -4.51. The molecule has 0 saturated carbocycles. The fourth-order valence-corrected chi connectivity index (χ4v) is 4.69. The minimum Gasteiger partial charge on any atom is -0.355 e. The molecule has 1 aromatic carbocycles. The maximum Gasteiger partial charge on any atom is 0.395 e. The Morgan fingerprint density at radius 1 is 1.13 bits per heavy atom. The molecule has 0 aliphatic carbocycles. The van der Waals surface area contributed by atoms with Gasteiger partial charge >= 0.3 is 6.18 Å². The lowest BCUT2D eigenvalue weighted by molar-refractivity contribution is -0.151. The van der Waals surface area contributed by atoms with Gasteiger partial charge in [0, 0.05) is 50.5 Å². The van der Waals surface area contributed by atoms with Crippen molar-refractivity contribution >= 4 is 35.0 Å². The average molecular weight is 557 g/mol. The summed E-state index contributed by atoms with van der Waals surface area (Å²) in [6.07, 6.45) is -6.24. The normalized spacial score (nSPS) is 15.0. The van der Waals surface area contributed by atoms with E-state index in [9.17, 15) is 22.4 Å². The molecule has 1 aliphatic rings. The number of hydrogen-bond donors (Lipinski definition) is 2.